The Morgan fingerprint density at radius 1 is 1.12 bits per heavy atom. The molecule has 0 aliphatic carbocycles. The maximum atomic E-state index is 13.9. The highest BCUT2D eigenvalue weighted by Gasteiger charge is 2.32. The minimum Gasteiger partial charge on any atom is -0.455 e. The SMILES string of the molecule is CN(C)S(=O)(=O)C1=CC=C2Oc3cc(F)ccc3C(CCCN3CCN(CCO)CC3)=C2S1. The molecule has 1 saturated heterocycles. The van der Waals surface area contributed by atoms with Crippen molar-refractivity contribution in [1.82, 2.24) is 14.1 Å². The van der Waals surface area contributed by atoms with Gasteiger partial charge < -0.3 is 14.7 Å². The lowest BCUT2D eigenvalue weighted by Crippen LogP contribution is -2.47. The van der Waals surface area contributed by atoms with E-state index in [1.165, 1.54) is 42.3 Å². The molecule has 3 heterocycles. The molecule has 0 saturated carbocycles. The van der Waals surface area contributed by atoms with Crippen LogP contribution in [0.1, 0.15) is 18.4 Å². The van der Waals surface area contributed by atoms with Gasteiger partial charge >= 0.3 is 0 Å². The molecule has 1 fully saturated rings. The summed E-state index contributed by atoms with van der Waals surface area (Å²) in [6.45, 7) is 5.65. The van der Waals surface area contributed by atoms with Crippen LogP contribution in [-0.4, -0.2) is 87.6 Å². The molecule has 1 aromatic carbocycles. The summed E-state index contributed by atoms with van der Waals surface area (Å²) in [5.41, 5.74) is 1.80. The second kappa shape index (κ2) is 10.3. The first-order valence-corrected chi connectivity index (χ1v) is 13.3. The third-order valence-corrected chi connectivity index (χ3v) is 9.55. The van der Waals surface area contributed by atoms with Crippen LogP contribution in [0.15, 0.2) is 45.3 Å². The van der Waals surface area contributed by atoms with Crippen LogP contribution in [0, 0.1) is 5.82 Å². The summed E-state index contributed by atoms with van der Waals surface area (Å²) in [7, 11) is -0.544. The highest BCUT2D eigenvalue weighted by molar-refractivity contribution is 8.20. The molecule has 0 spiro atoms. The van der Waals surface area contributed by atoms with Crippen LogP contribution < -0.4 is 4.74 Å². The van der Waals surface area contributed by atoms with Crippen molar-refractivity contribution in [2.75, 3.05) is 60.0 Å². The Bertz CT molecular complexity index is 1090. The number of ether oxygens (including phenoxy) is 1. The van der Waals surface area contributed by atoms with E-state index >= 15 is 0 Å². The van der Waals surface area contributed by atoms with Gasteiger partial charge in [0, 0.05) is 58.4 Å². The smallest absolute Gasteiger partial charge is 0.248 e. The predicted octanol–water partition coefficient (Wildman–Crippen LogP) is 2.68. The zero-order valence-electron chi connectivity index (χ0n) is 19.0. The third-order valence-electron chi connectivity index (χ3n) is 6.08. The number of sulfonamides is 1. The Hall–Kier alpha value is -1.69. The summed E-state index contributed by atoms with van der Waals surface area (Å²) < 4.78 is 46.7. The highest BCUT2D eigenvalue weighted by Crippen LogP contribution is 2.49. The minimum atomic E-state index is -3.57. The fourth-order valence-electron chi connectivity index (χ4n) is 4.19. The molecule has 180 valence electrons. The average molecular weight is 496 g/mol. The maximum absolute atomic E-state index is 13.9. The number of aliphatic hydroxyl groups is 1. The summed E-state index contributed by atoms with van der Waals surface area (Å²) >= 11 is 1.20. The average Bonchev–Trinajstić information content (AvgIpc) is 2.79. The predicted molar refractivity (Wildman–Crippen MR) is 130 cm³/mol. The lowest BCUT2D eigenvalue weighted by atomic mass is 9.96. The van der Waals surface area contributed by atoms with Crippen molar-refractivity contribution in [3.8, 4) is 5.75 Å². The van der Waals surface area contributed by atoms with Gasteiger partial charge in [-0.2, -0.15) is 0 Å². The number of benzene rings is 1. The van der Waals surface area contributed by atoms with Gasteiger partial charge in [-0.1, -0.05) is 11.8 Å². The van der Waals surface area contributed by atoms with Crippen molar-refractivity contribution in [2.24, 2.45) is 0 Å². The monoisotopic (exact) mass is 495 g/mol. The zero-order valence-corrected chi connectivity index (χ0v) is 20.6. The summed E-state index contributed by atoms with van der Waals surface area (Å²) in [6.07, 6.45) is 4.83. The van der Waals surface area contributed by atoms with Gasteiger partial charge in [0.05, 0.1) is 11.5 Å². The number of fused-ring (bicyclic) bond motifs is 2. The molecule has 0 unspecified atom stereocenters. The van der Waals surface area contributed by atoms with Crippen LogP contribution >= 0.6 is 11.8 Å². The van der Waals surface area contributed by atoms with Crippen molar-refractivity contribution in [1.29, 1.82) is 0 Å². The van der Waals surface area contributed by atoms with Crippen molar-refractivity contribution in [2.45, 2.75) is 12.8 Å². The maximum Gasteiger partial charge on any atom is 0.248 e. The standard InChI is InChI=1S/C23H30FN3O4S2/c1-25(2)33(29,30)22-8-7-20-23(32-22)19(18-6-5-17(24)16-21(18)31-20)4-3-9-26-10-12-27(13-11-26)14-15-28/h5-8,16,28H,3-4,9-15H2,1-2H3. The molecule has 3 aliphatic heterocycles. The molecule has 4 rings (SSSR count). The number of aliphatic hydroxyl groups excluding tert-OH is 1. The van der Waals surface area contributed by atoms with Gasteiger partial charge in [0.25, 0.3) is 0 Å². The molecule has 0 atom stereocenters. The lowest BCUT2D eigenvalue weighted by molar-refractivity contribution is 0.112. The van der Waals surface area contributed by atoms with Crippen LogP contribution in [0.3, 0.4) is 0 Å². The number of β-amino-alcohol motifs (C(OH)–C–C–N with tert-alkyl or cyclic N) is 1. The topological polar surface area (TPSA) is 73.3 Å². The van der Waals surface area contributed by atoms with Gasteiger partial charge in [-0.15, -0.1) is 0 Å². The Balaban J connectivity index is 1.54. The van der Waals surface area contributed by atoms with E-state index in [9.17, 15) is 12.8 Å². The van der Waals surface area contributed by atoms with Crippen molar-refractivity contribution in [3.05, 3.63) is 56.6 Å². The quantitative estimate of drug-likeness (QED) is 0.595. The Kier molecular flexibility index (Phi) is 7.62. The van der Waals surface area contributed by atoms with Gasteiger partial charge in [-0.3, -0.25) is 4.90 Å². The number of hydrogen-bond acceptors (Lipinski definition) is 7. The molecular weight excluding hydrogens is 465 g/mol. The van der Waals surface area contributed by atoms with E-state index in [0.29, 0.717) is 11.5 Å². The van der Waals surface area contributed by atoms with Crippen molar-refractivity contribution < 1.29 is 22.7 Å². The number of halogens is 1. The van der Waals surface area contributed by atoms with E-state index in [-0.39, 0.29) is 16.7 Å². The summed E-state index contributed by atoms with van der Waals surface area (Å²) in [4.78, 5) is 5.46. The largest absolute Gasteiger partial charge is 0.455 e. The van der Waals surface area contributed by atoms with Gasteiger partial charge in [-0.25, -0.2) is 17.1 Å². The fourth-order valence-corrected chi connectivity index (χ4v) is 6.79. The minimum absolute atomic E-state index is 0.187. The number of allylic oxidation sites excluding steroid dienone is 3. The van der Waals surface area contributed by atoms with Crippen LogP contribution in [0.5, 0.6) is 5.75 Å². The molecule has 3 aliphatic rings. The van der Waals surface area contributed by atoms with E-state index in [0.717, 1.165) is 68.2 Å². The first-order valence-electron chi connectivity index (χ1n) is 11.1. The molecule has 1 N–H and O–H groups in total. The Morgan fingerprint density at radius 2 is 1.82 bits per heavy atom. The molecule has 7 nitrogen and oxygen atoms in total. The van der Waals surface area contributed by atoms with E-state index in [2.05, 4.69) is 9.80 Å². The van der Waals surface area contributed by atoms with E-state index < -0.39 is 10.0 Å². The zero-order chi connectivity index (χ0) is 23.6. The second-order valence-corrected chi connectivity index (χ2v) is 11.9. The normalized spacial score (nSPS) is 19.7. The van der Waals surface area contributed by atoms with Gasteiger partial charge in [0.1, 0.15) is 21.6 Å². The molecule has 0 amide bonds. The highest BCUT2D eigenvalue weighted by atomic mass is 32.3. The third kappa shape index (κ3) is 5.36. The Morgan fingerprint density at radius 3 is 2.48 bits per heavy atom. The molecule has 0 radical (unpaired) electrons. The van der Waals surface area contributed by atoms with Crippen LogP contribution in [0.25, 0.3) is 5.57 Å². The molecule has 0 aromatic heterocycles. The Labute approximate surface area is 199 Å². The van der Waals surface area contributed by atoms with Gasteiger partial charge in [0.15, 0.2) is 0 Å². The molecule has 10 heteroatoms. The second-order valence-electron chi connectivity index (χ2n) is 8.47. The number of hydrogen-bond donors (Lipinski definition) is 1. The molecule has 33 heavy (non-hydrogen) atoms. The van der Waals surface area contributed by atoms with E-state index in [1.54, 1.807) is 18.2 Å². The van der Waals surface area contributed by atoms with Crippen LogP contribution in [0.2, 0.25) is 0 Å². The summed E-state index contributed by atoms with van der Waals surface area (Å²) in [6, 6.07) is 4.52. The number of rotatable bonds is 8. The number of thioether (sulfide) groups is 1. The van der Waals surface area contributed by atoms with Crippen LogP contribution in [-0.2, 0) is 10.0 Å². The first-order chi connectivity index (χ1) is 15.8. The summed E-state index contributed by atoms with van der Waals surface area (Å²) in [5, 5.41) is 9.12. The molecule has 1 aromatic rings. The molecule has 0 bridgehead atoms. The van der Waals surface area contributed by atoms with Gasteiger partial charge in [-0.05, 0) is 49.2 Å². The van der Waals surface area contributed by atoms with Crippen molar-refractivity contribution in [3.63, 3.8) is 0 Å². The molecular formula is C23H30FN3O4S2. The van der Waals surface area contributed by atoms with E-state index in [4.69, 9.17) is 9.84 Å². The number of nitrogens with zero attached hydrogens (tertiary/aromatic N) is 3. The van der Waals surface area contributed by atoms with Gasteiger partial charge in [0.2, 0.25) is 10.0 Å². The van der Waals surface area contributed by atoms with Crippen molar-refractivity contribution >= 4 is 27.4 Å². The number of piperazine rings is 1. The van der Waals surface area contributed by atoms with E-state index in [1.807, 2.05) is 0 Å². The lowest BCUT2D eigenvalue weighted by Gasteiger charge is -2.34. The fraction of sp³-hybridized carbons (Fsp3) is 0.478. The van der Waals surface area contributed by atoms with Crippen LogP contribution in [0.4, 0.5) is 4.39 Å². The first kappa shape index (κ1) is 24.4. The summed E-state index contributed by atoms with van der Waals surface area (Å²) in [5.74, 6) is 0.654.